The van der Waals surface area contributed by atoms with Crippen LogP contribution in [-0.2, 0) is 9.59 Å². The zero-order valence-electron chi connectivity index (χ0n) is 18.6. The predicted molar refractivity (Wildman–Crippen MR) is 145 cm³/mol. The Morgan fingerprint density at radius 3 is 2.56 bits per heavy atom. The number of carbonyl (C=O) groups is 2. The molecular formula is C26H23N3O2S3. The van der Waals surface area contributed by atoms with Crippen LogP contribution in [0.1, 0.15) is 25.3 Å². The van der Waals surface area contributed by atoms with Crippen LogP contribution in [0, 0.1) is 0 Å². The van der Waals surface area contributed by atoms with Gasteiger partial charge < -0.3 is 5.32 Å². The van der Waals surface area contributed by atoms with Crippen LogP contribution < -0.4 is 5.32 Å². The second-order valence-electron chi connectivity index (χ2n) is 7.69. The molecule has 2 aromatic carbocycles. The van der Waals surface area contributed by atoms with Crippen molar-refractivity contribution in [2.75, 3.05) is 11.9 Å². The number of carbonyl (C=O) groups excluding carboxylic acids is 2. The van der Waals surface area contributed by atoms with Crippen LogP contribution in [0.25, 0.3) is 17.3 Å². The van der Waals surface area contributed by atoms with Crippen LogP contribution in [0.15, 0.2) is 82.6 Å². The van der Waals surface area contributed by atoms with E-state index in [1.54, 1.807) is 4.90 Å². The topological polar surface area (TPSA) is 62.3 Å². The molecular weight excluding hydrogens is 483 g/mol. The third-order valence-electron chi connectivity index (χ3n) is 5.03. The van der Waals surface area contributed by atoms with Gasteiger partial charge in [0.25, 0.3) is 5.91 Å². The quantitative estimate of drug-likeness (QED) is 0.284. The molecule has 172 valence electrons. The lowest BCUT2D eigenvalue weighted by Crippen LogP contribution is -2.29. The molecule has 1 aromatic heterocycles. The molecule has 0 aliphatic carbocycles. The molecule has 1 fully saturated rings. The summed E-state index contributed by atoms with van der Waals surface area (Å²) in [6.45, 7) is 2.37. The van der Waals surface area contributed by atoms with Gasteiger partial charge in [-0.25, -0.2) is 4.98 Å². The Balaban J connectivity index is 1.28. The van der Waals surface area contributed by atoms with E-state index in [0.29, 0.717) is 27.3 Å². The lowest BCUT2D eigenvalue weighted by atomic mass is 10.1. The summed E-state index contributed by atoms with van der Waals surface area (Å²) in [5.74, 6) is -0.236. The van der Waals surface area contributed by atoms with E-state index in [1.165, 1.54) is 23.1 Å². The number of thiocarbonyl (C=S) groups is 1. The Labute approximate surface area is 212 Å². The molecule has 0 atom stereocenters. The number of thioether (sulfide) groups is 1. The first-order valence-corrected chi connectivity index (χ1v) is 12.9. The van der Waals surface area contributed by atoms with E-state index >= 15 is 0 Å². The third kappa shape index (κ3) is 6.28. The van der Waals surface area contributed by atoms with Gasteiger partial charge >= 0.3 is 0 Å². The van der Waals surface area contributed by atoms with E-state index in [-0.39, 0.29) is 18.2 Å². The molecule has 0 spiro atoms. The van der Waals surface area contributed by atoms with Crippen molar-refractivity contribution >= 4 is 62.7 Å². The highest BCUT2D eigenvalue weighted by Crippen LogP contribution is 2.32. The van der Waals surface area contributed by atoms with Gasteiger partial charge in [0.15, 0.2) is 5.13 Å². The molecule has 0 saturated carbocycles. The normalized spacial score (nSPS) is 15.3. The molecule has 2 amide bonds. The standard InChI is InChI=1S/C26H23N3O2S3/c1-18(15-19-9-4-2-5-10-19)16-22-24(31)29(26(32)34-22)14-8-13-23(30)28-25-27-21(17-33-25)20-11-6-3-7-12-20/h2-7,9-12,15-17H,8,13-14H2,1H3,(H,27,28,30). The molecule has 0 bridgehead atoms. The molecule has 1 aliphatic rings. The van der Waals surface area contributed by atoms with Crippen molar-refractivity contribution in [3.05, 3.63) is 88.2 Å². The van der Waals surface area contributed by atoms with Crippen molar-refractivity contribution < 1.29 is 9.59 Å². The van der Waals surface area contributed by atoms with Gasteiger partial charge in [-0.15, -0.1) is 11.3 Å². The van der Waals surface area contributed by atoms with E-state index in [0.717, 1.165) is 22.4 Å². The van der Waals surface area contributed by atoms with Gasteiger partial charge in [-0.1, -0.05) is 90.7 Å². The highest BCUT2D eigenvalue weighted by atomic mass is 32.2. The number of aromatic nitrogens is 1. The highest BCUT2D eigenvalue weighted by molar-refractivity contribution is 8.26. The summed E-state index contributed by atoms with van der Waals surface area (Å²) in [5.41, 5.74) is 3.90. The Bertz CT molecular complexity index is 1250. The van der Waals surface area contributed by atoms with E-state index < -0.39 is 0 Å². The van der Waals surface area contributed by atoms with Gasteiger partial charge in [0.2, 0.25) is 5.91 Å². The fraction of sp³-hybridized carbons (Fsp3) is 0.154. The molecule has 1 saturated heterocycles. The number of anilines is 1. The average molecular weight is 506 g/mol. The van der Waals surface area contributed by atoms with Crippen LogP contribution in [0.4, 0.5) is 5.13 Å². The molecule has 1 aliphatic heterocycles. The summed E-state index contributed by atoms with van der Waals surface area (Å²) in [5, 5.41) is 5.34. The molecule has 8 heteroatoms. The largest absolute Gasteiger partial charge is 0.302 e. The van der Waals surface area contributed by atoms with Gasteiger partial charge in [-0.2, -0.15) is 0 Å². The third-order valence-corrected chi connectivity index (χ3v) is 7.17. The zero-order chi connectivity index (χ0) is 23.9. The van der Waals surface area contributed by atoms with Crippen molar-refractivity contribution in [1.82, 2.24) is 9.88 Å². The highest BCUT2D eigenvalue weighted by Gasteiger charge is 2.31. The van der Waals surface area contributed by atoms with Crippen LogP contribution in [0.2, 0.25) is 0 Å². The molecule has 4 rings (SSSR count). The van der Waals surface area contributed by atoms with Gasteiger partial charge in [-0.3, -0.25) is 14.5 Å². The Morgan fingerprint density at radius 1 is 1.12 bits per heavy atom. The van der Waals surface area contributed by atoms with Gasteiger partial charge in [0.05, 0.1) is 10.6 Å². The molecule has 0 unspecified atom stereocenters. The second kappa shape index (κ2) is 11.4. The number of allylic oxidation sites excluding steroid dienone is 2. The number of nitrogens with one attached hydrogen (secondary N) is 1. The Kier molecular flexibility index (Phi) is 8.05. The average Bonchev–Trinajstić information content (AvgIpc) is 3.40. The number of nitrogens with zero attached hydrogens (tertiary/aromatic N) is 2. The lowest BCUT2D eigenvalue weighted by Gasteiger charge is -2.13. The molecule has 2 heterocycles. The Hall–Kier alpha value is -3.07. The van der Waals surface area contributed by atoms with Crippen LogP contribution in [-0.4, -0.2) is 32.6 Å². The summed E-state index contributed by atoms with van der Waals surface area (Å²) in [6, 6.07) is 19.8. The van der Waals surface area contributed by atoms with Crippen molar-refractivity contribution in [1.29, 1.82) is 0 Å². The summed E-state index contributed by atoms with van der Waals surface area (Å²) in [4.78, 5) is 31.9. The number of amides is 2. The smallest absolute Gasteiger partial charge is 0.266 e. The number of rotatable bonds is 8. The predicted octanol–water partition coefficient (Wildman–Crippen LogP) is 6.38. The minimum Gasteiger partial charge on any atom is -0.302 e. The van der Waals surface area contributed by atoms with Gasteiger partial charge in [0, 0.05) is 23.9 Å². The second-order valence-corrected chi connectivity index (χ2v) is 10.2. The fourth-order valence-corrected chi connectivity index (χ4v) is 5.50. The van der Waals surface area contributed by atoms with Crippen molar-refractivity contribution in [2.24, 2.45) is 0 Å². The fourth-order valence-electron chi connectivity index (χ4n) is 3.41. The maximum atomic E-state index is 12.8. The lowest BCUT2D eigenvalue weighted by molar-refractivity contribution is -0.122. The van der Waals surface area contributed by atoms with Crippen LogP contribution >= 0.6 is 35.3 Å². The first kappa shape index (κ1) is 24.1. The molecule has 3 aromatic rings. The molecule has 0 radical (unpaired) electrons. The Morgan fingerprint density at radius 2 is 1.82 bits per heavy atom. The maximum absolute atomic E-state index is 12.8. The van der Waals surface area contributed by atoms with Gasteiger partial charge in [-0.05, 0) is 30.6 Å². The maximum Gasteiger partial charge on any atom is 0.266 e. The number of hydrogen-bond acceptors (Lipinski definition) is 6. The molecule has 1 N–H and O–H groups in total. The zero-order valence-corrected chi connectivity index (χ0v) is 21.0. The monoisotopic (exact) mass is 505 g/mol. The van der Waals surface area contributed by atoms with Gasteiger partial charge in [0.1, 0.15) is 4.32 Å². The molecule has 34 heavy (non-hydrogen) atoms. The van der Waals surface area contributed by atoms with Crippen LogP contribution in [0.3, 0.4) is 0 Å². The first-order valence-electron chi connectivity index (χ1n) is 10.8. The SMILES string of the molecule is CC(=Cc1ccccc1)C=C1SC(=S)N(CCCC(=O)Nc2nc(-c3ccccc3)cs2)C1=O. The van der Waals surface area contributed by atoms with Crippen molar-refractivity contribution in [3.63, 3.8) is 0 Å². The first-order chi connectivity index (χ1) is 16.5. The van der Waals surface area contributed by atoms with Crippen molar-refractivity contribution in [2.45, 2.75) is 19.8 Å². The number of thiazole rings is 1. The number of hydrogen-bond donors (Lipinski definition) is 1. The summed E-state index contributed by atoms with van der Waals surface area (Å²) >= 11 is 8.11. The minimum absolute atomic E-state index is 0.108. The van der Waals surface area contributed by atoms with E-state index in [4.69, 9.17) is 12.2 Å². The molecule has 5 nitrogen and oxygen atoms in total. The summed E-state index contributed by atoms with van der Waals surface area (Å²) in [6.07, 6.45) is 4.69. The summed E-state index contributed by atoms with van der Waals surface area (Å²) < 4.78 is 0.525. The van der Waals surface area contributed by atoms with E-state index in [9.17, 15) is 9.59 Å². The minimum atomic E-state index is -0.128. The van der Waals surface area contributed by atoms with Crippen LogP contribution in [0.5, 0.6) is 0 Å². The van der Waals surface area contributed by atoms with E-state index in [2.05, 4.69) is 10.3 Å². The summed E-state index contributed by atoms with van der Waals surface area (Å²) in [7, 11) is 0. The van der Waals surface area contributed by atoms with Crippen molar-refractivity contribution in [3.8, 4) is 11.3 Å². The van der Waals surface area contributed by atoms with E-state index in [1.807, 2.05) is 85.1 Å². The number of benzene rings is 2.